The van der Waals surface area contributed by atoms with Crippen LogP contribution in [0.1, 0.15) is 21.5 Å². The Hall–Kier alpha value is -5.38. The first-order valence-electron chi connectivity index (χ1n) is 12.9. The minimum atomic E-state index is -1.14. The highest BCUT2D eigenvalue weighted by Crippen LogP contribution is 2.23. The molecular weight excluding hydrogens is 524 g/mol. The molecule has 0 aliphatic carbocycles. The Kier molecular flexibility index (Phi) is 7.82. The molecule has 0 saturated carbocycles. The zero-order valence-corrected chi connectivity index (χ0v) is 21.9. The van der Waals surface area contributed by atoms with Gasteiger partial charge >= 0.3 is 12.1 Å². The van der Waals surface area contributed by atoms with Crippen LogP contribution in [0.3, 0.4) is 0 Å². The lowest BCUT2D eigenvalue weighted by Crippen LogP contribution is -2.42. The third kappa shape index (κ3) is 6.27. The number of hydrogen-bond donors (Lipinski definition) is 4. The monoisotopic (exact) mass is 552 g/mol. The highest BCUT2D eigenvalue weighted by molar-refractivity contribution is 6.08. The van der Waals surface area contributed by atoms with Crippen LogP contribution in [-0.2, 0) is 16.0 Å². The van der Waals surface area contributed by atoms with Crippen molar-refractivity contribution in [1.29, 1.82) is 5.41 Å². The summed E-state index contributed by atoms with van der Waals surface area (Å²) in [5, 5.41) is 21.5. The Morgan fingerprint density at radius 3 is 2.44 bits per heavy atom. The smallest absolute Gasteiger partial charge is 0.414 e. The van der Waals surface area contributed by atoms with Gasteiger partial charge in [0.25, 0.3) is 5.91 Å². The number of aliphatic carboxylic acids is 1. The van der Waals surface area contributed by atoms with Gasteiger partial charge in [0.15, 0.2) is 6.10 Å². The first-order valence-corrected chi connectivity index (χ1v) is 12.9. The minimum Gasteiger partial charge on any atom is -0.490 e. The van der Waals surface area contributed by atoms with Gasteiger partial charge in [0, 0.05) is 23.2 Å². The standard InChI is InChI=1S/C31H28N4O6/c32-28(33)21-10-12-22(13-11-21)35-17-24(41-31(35)39)18-40-23-14-8-19(9-15-23)16-27(30(37)38)34-29(36)26-7-3-5-20-4-1-2-6-25(20)26/h1-15,24,27H,16-18H2,(H3,32,33)(H,34,36)(H,37,38). The average molecular weight is 553 g/mol. The molecule has 2 atom stereocenters. The summed E-state index contributed by atoms with van der Waals surface area (Å²) in [7, 11) is 0. The molecule has 0 bridgehead atoms. The Bertz CT molecular complexity index is 1600. The van der Waals surface area contributed by atoms with Crippen LogP contribution in [-0.4, -0.2) is 54.2 Å². The molecule has 4 aromatic carbocycles. The number of hydrogen-bond acceptors (Lipinski definition) is 6. The molecule has 10 nitrogen and oxygen atoms in total. The van der Waals surface area contributed by atoms with Crippen molar-refractivity contribution in [2.24, 2.45) is 5.73 Å². The van der Waals surface area contributed by atoms with Gasteiger partial charge < -0.3 is 25.6 Å². The summed E-state index contributed by atoms with van der Waals surface area (Å²) >= 11 is 0. The lowest BCUT2D eigenvalue weighted by atomic mass is 10.0. The third-order valence-electron chi connectivity index (χ3n) is 6.80. The summed E-state index contributed by atoms with van der Waals surface area (Å²) in [4.78, 5) is 38.8. The van der Waals surface area contributed by atoms with Gasteiger partial charge in [0.2, 0.25) is 0 Å². The fraction of sp³-hybridized carbons (Fsp3) is 0.161. The van der Waals surface area contributed by atoms with Crippen molar-refractivity contribution < 1.29 is 29.0 Å². The van der Waals surface area contributed by atoms with Crippen LogP contribution in [0.2, 0.25) is 0 Å². The molecule has 4 aromatic rings. The van der Waals surface area contributed by atoms with E-state index in [1.165, 1.54) is 4.90 Å². The van der Waals surface area contributed by atoms with Crippen molar-refractivity contribution in [3.63, 3.8) is 0 Å². The predicted octanol–water partition coefficient (Wildman–Crippen LogP) is 3.95. The molecular formula is C31H28N4O6. The fourth-order valence-electron chi connectivity index (χ4n) is 4.65. The molecule has 0 spiro atoms. The molecule has 2 amide bonds. The van der Waals surface area contributed by atoms with Crippen LogP contribution >= 0.6 is 0 Å². The zero-order valence-electron chi connectivity index (χ0n) is 21.9. The summed E-state index contributed by atoms with van der Waals surface area (Å²) in [6.45, 7) is 0.430. The summed E-state index contributed by atoms with van der Waals surface area (Å²) in [5.41, 5.74) is 7.80. The molecule has 5 N–H and O–H groups in total. The number of rotatable bonds is 10. The largest absolute Gasteiger partial charge is 0.490 e. The normalized spacial score (nSPS) is 15.3. The van der Waals surface area contributed by atoms with Gasteiger partial charge in [-0.2, -0.15) is 0 Å². The number of benzene rings is 4. The van der Waals surface area contributed by atoms with Gasteiger partial charge in [-0.1, -0.05) is 48.5 Å². The molecule has 5 rings (SSSR count). The quantitative estimate of drug-likeness (QED) is 0.171. The minimum absolute atomic E-state index is 0.0537. The van der Waals surface area contributed by atoms with Crippen molar-refractivity contribution in [2.75, 3.05) is 18.1 Å². The summed E-state index contributed by atoms with van der Waals surface area (Å²) in [6.07, 6.45) is -0.894. The van der Waals surface area contributed by atoms with Crippen LogP contribution in [0.5, 0.6) is 5.75 Å². The average Bonchev–Trinajstić information content (AvgIpc) is 3.36. The first-order chi connectivity index (χ1) is 19.8. The van der Waals surface area contributed by atoms with Crippen molar-refractivity contribution >= 4 is 40.3 Å². The SMILES string of the molecule is N=C(N)c1ccc(N2CC(COc3ccc(CC(NC(=O)c4cccc5ccccc45)C(=O)O)cc3)OC2=O)cc1. The number of carbonyl (C=O) groups is 3. The number of amides is 2. The molecule has 10 heteroatoms. The van der Waals surface area contributed by atoms with E-state index in [4.69, 9.17) is 20.6 Å². The molecule has 1 heterocycles. The molecule has 2 unspecified atom stereocenters. The van der Waals surface area contributed by atoms with Crippen molar-refractivity contribution in [2.45, 2.75) is 18.6 Å². The maximum absolute atomic E-state index is 13.0. The number of carbonyl (C=O) groups excluding carboxylic acids is 2. The van der Waals surface area contributed by atoms with E-state index >= 15 is 0 Å². The highest BCUT2D eigenvalue weighted by Gasteiger charge is 2.33. The predicted molar refractivity (Wildman–Crippen MR) is 154 cm³/mol. The molecule has 0 aromatic heterocycles. The Morgan fingerprint density at radius 1 is 1.02 bits per heavy atom. The number of nitrogens with two attached hydrogens (primary N) is 1. The number of ether oxygens (including phenoxy) is 2. The maximum atomic E-state index is 13.0. The van der Waals surface area contributed by atoms with E-state index in [1.807, 2.05) is 30.3 Å². The van der Waals surface area contributed by atoms with Gasteiger partial charge in [0.1, 0.15) is 24.2 Å². The lowest BCUT2D eigenvalue weighted by Gasteiger charge is -2.16. The van der Waals surface area contributed by atoms with Crippen molar-refractivity contribution in [3.8, 4) is 5.75 Å². The Morgan fingerprint density at radius 2 is 1.73 bits per heavy atom. The second kappa shape index (κ2) is 11.8. The number of carboxylic acid groups (broad SMARTS) is 1. The van der Waals surface area contributed by atoms with E-state index in [1.54, 1.807) is 60.7 Å². The van der Waals surface area contributed by atoms with Crippen LogP contribution in [0, 0.1) is 5.41 Å². The fourth-order valence-corrected chi connectivity index (χ4v) is 4.65. The number of cyclic esters (lactones) is 1. The second-order valence-corrected chi connectivity index (χ2v) is 9.63. The Labute approximate surface area is 235 Å². The van der Waals surface area contributed by atoms with Gasteiger partial charge in [-0.3, -0.25) is 15.1 Å². The van der Waals surface area contributed by atoms with E-state index in [0.29, 0.717) is 34.7 Å². The molecule has 1 saturated heterocycles. The summed E-state index contributed by atoms with van der Waals surface area (Å²) < 4.78 is 11.2. The van der Waals surface area contributed by atoms with Crippen LogP contribution in [0.25, 0.3) is 10.8 Å². The van der Waals surface area contributed by atoms with Crippen molar-refractivity contribution in [1.82, 2.24) is 5.32 Å². The number of nitrogens with zero attached hydrogens (tertiary/aromatic N) is 1. The molecule has 1 fully saturated rings. The number of amidine groups is 1. The van der Waals surface area contributed by atoms with Gasteiger partial charge in [-0.05, 0) is 58.8 Å². The number of anilines is 1. The van der Waals surface area contributed by atoms with E-state index in [2.05, 4.69) is 5.32 Å². The summed E-state index contributed by atoms with van der Waals surface area (Å²) in [5.74, 6) is -1.12. The van der Waals surface area contributed by atoms with Crippen LogP contribution in [0.4, 0.5) is 10.5 Å². The summed E-state index contributed by atoms with van der Waals surface area (Å²) in [6, 6.07) is 25.3. The topological polar surface area (TPSA) is 155 Å². The molecule has 1 aliphatic rings. The van der Waals surface area contributed by atoms with Crippen LogP contribution in [0.15, 0.2) is 91.0 Å². The first kappa shape index (κ1) is 27.2. The zero-order chi connectivity index (χ0) is 28.9. The molecule has 41 heavy (non-hydrogen) atoms. The second-order valence-electron chi connectivity index (χ2n) is 9.63. The maximum Gasteiger partial charge on any atom is 0.414 e. The number of carboxylic acids is 1. The van der Waals surface area contributed by atoms with E-state index < -0.39 is 30.1 Å². The van der Waals surface area contributed by atoms with E-state index in [9.17, 15) is 19.5 Å². The third-order valence-corrected chi connectivity index (χ3v) is 6.80. The molecule has 1 aliphatic heterocycles. The van der Waals surface area contributed by atoms with Gasteiger partial charge in [0.05, 0.1) is 6.54 Å². The Balaban J connectivity index is 1.16. The van der Waals surface area contributed by atoms with Crippen molar-refractivity contribution in [3.05, 3.63) is 108 Å². The highest BCUT2D eigenvalue weighted by atomic mass is 16.6. The number of nitrogens with one attached hydrogen (secondary N) is 2. The molecule has 0 radical (unpaired) electrons. The lowest BCUT2D eigenvalue weighted by molar-refractivity contribution is -0.139. The number of fused-ring (bicyclic) bond motifs is 1. The molecule has 208 valence electrons. The van der Waals surface area contributed by atoms with E-state index in [-0.39, 0.29) is 18.9 Å². The van der Waals surface area contributed by atoms with Gasteiger partial charge in [-0.15, -0.1) is 0 Å². The van der Waals surface area contributed by atoms with Crippen LogP contribution < -0.4 is 20.7 Å². The van der Waals surface area contributed by atoms with Gasteiger partial charge in [-0.25, -0.2) is 9.59 Å². The van der Waals surface area contributed by atoms with E-state index in [0.717, 1.165) is 10.8 Å². The number of nitrogen functional groups attached to an aromatic ring is 1.